The van der Waals surface area contributed by atoms with Gasteiger partial charge in [0.2, 0.25) is 5.76 Å². The molecule has 1 aromatic heterocycles. The summed E-state index contributed by atoms with van der Waals surface area (Å²) in [6, 6.07) is 6.79. The highest BCUT2D eigenvalue weighted by atomic mass is 16.5. The Kier molecular flexibility index (Phi) is 4.47. The molecule has 0 aliphatic carbocycles. The smallest absolute Gasteiger partial charge is 0.290 e. The molecule has 0 bridgehead atoms. The van der Waals surface area contributed by atoms with E-state index in [0.717, 1.165) is 5.56 Å². The zero-order chi connectivity index (χ0) is 15.4. The van der Waals surface area contributed by atoms with Gasteiger partial charge in [-0.2, -0.15) is 0 Å². The lowest BCUT2D eigenvalue weighted by Gasteiger charge is -2.17. The molecule has 0 fully saturated rings. The lowest BCUT2D eigenvalue weighted by atomic mass is 10.1. The number of rotatable bonds is 5. The Morgan fingerprint density at radius 2 is 2.05 bits per heavy atom. The minimum absolute atomic E-state index is 0.187. The van der Waals surface area contributed by atoms with Crippen LogP contribution < -0.4 is 14.8 Å². The molecule has 2 aromatic rings. The SMILES string of the molecule is COc1ccc([C@@H](C)NC(=O)c2cc(C)no2)c(OC)c1. The van der Waals surface area contributed by atoms with Gasteiger partial charge in [0, 0.05) is 17.7 Å². The first-order chi connectivity index (χ1) is 10.0. The number of methoxy groups -OCH3 is 2. The number of aromatic nitrogens is 1. The van der Waals surface area contributed by atoms with Crippen LogP contribution in [-0.4, -0.2) is 25.3 Å². The Balaban J connectivity index is 2.16. The van der Waals surface area contributed by atoms with Crippen LogP contribution in [0.15, 0.2) is 28.8 Å². The molecule has 1 N–H and O–H groups in total. The van der Waals surface area contributed by atoms with Gasteiger partial charge in [0.1, 0.15) is 11.5 Å². The van der Waals surface area contributed by atoms with Crippen LogP contribution in [0.2, 0.25) is 0 Å². The summed E-state index contributed by atoms with van der Waals surface area (Å²) in [6.07, 6.45) is 0. The van der Waals surface area contributed by atoms with E-state index in [1.54, 1.807) is 33.3 Å². The Hall–Kier alpha value is -2.50. The lowest BCUT2D eigenvalue weighted by Crippen LogP contribution is -2.26. The Labute approximate surface area is 123 Å². The van der Waals surface area contributed by atoms with E-state index in [-0.39, 0.29) is 17.7 Å². The largest absolute Gasteiger partial charge is 0.497 e. The highest BCUT2D eigenvalue weighted by molar-refractivity contribution is 5.91. The molecule has 1 aromatic carbocycles. The molecule has 21 heavy (non-hydrogen) atoms. The average Bonchev–Trinajstić information content (AvgIpc) is 2.93. The van der Waals surface area contributed by atoms with Crippen molar-refractivity contribution in [1.82, 2.24) is 10.5 Å². The molecule has 1 amide bonds. The number of nitrogens with one attached hydrogen (secondary N) is 1. The maximum atomic E-state index is 12.1. The third-order valence-corrected chi connectivity index (χ3v) is 3.11. The van der Waals surface area contributed by atoms with Crippen molar-refractivity contribution in [2.45, 2.75) is 19.9 Å². The second kappa shape index (κ2) is 6.30. The Bertz CT molecular complexity index is 636. The molecular formula is C15H18N2O4. The third kappa shape index (κ3) is 3.34. The van der Waals surface area contributed by atoms with Gasteiger partial charge in [-0.3, -0.25) is 4.79 Å². The van der Waals surface area contributed by atoms with Crippen molar-refractivity contribution in [2.24, 2.45) is 0 Å². The van der Waals surface area contributed by atoms with Crippen LogP contribution in [0.4, 0.5) is 0 Å². The topological polar surface area (TPSA) is 73.6 Å². The molecule has 0 radical (unpaired) electrons. The molecule has 2 rings (SSSR count). The average molecular weight is 290 g/mol. The highest BCUT2D eigenvalue weighted by Crippen LogP contribution is 2.29. The van der Waals surface area contributed by atoms with Crippen molar-refractivity contribution < 1.29 is 18.8 Å². The van der Waals surface area contributed by atoms with Gasteiger partial charge in [-0.1, -0.05) is 5.16 Å². The van der Waals surface area contributed by atoms with E-state index in [1.807, 2.05) is 19.1 Å². The van der Waals surface area contributed by atoms with Gasteiger partial charge in [0.25, 0.3) is 5.91 Å². The number of carbonyl (C=O) groups is 1. The van der Waals surface area contributed by atoms with Gasteiger partial charge < -0.3 is 19.3 Å². The number of hydrogen-bond donors (Lipinski definition) is 1. The molecule has 0 saturated heterocycles. The molecule has 0 aliphatic heterocycles. The fourth-order valence-electron chi connectivity index (χ4n) is 1.99. The second-order valence-electron chi connectivity index (χ2n) is 4.64. The third-order valence-electron chi connectivity index (χ3n) is 3.11. The zero-order valence-electron chi connectivity index (χ0n) is 12.5. The molecule has 0 saturated carbocycles. The molecule has 1 heterocycles. The van der Waals surface area contributed by atoms with Crippen LogP contribution in [0, 0.1) is 6.92 Å². The van der Waals surface area contributed by atoms with E-state index in [9.17, 15) is 4.79 Å². The van der Waals surface area contributed by atoms with Crippen LogP contribution in [0.5, 0.6) is 11.5 Å². The normalized spacial score (nSPS) is 11.8. The quantitative estimate of drug-likeness (QED) is 0.915. The van der Waals surface area contributed by atoms with Crippen molar-refractivity contribution >= 4 is 5.91 Å². The standard InChI is InChI=1S/C15H18N2O4/c1-9-7-14(21-17-9)15(18)16-10(2)12-6-5-11(19-3)8-13(12)20-4/h5-8,10H,1-4H3,(H,16,18)/t10-/m1/s1. The molecule has 0 aliphatic rings. The van der Waals surface area contributed by atoms with Gasteiger partial charge in [-0.15, -0.1) is 0 Å². The van der Waals surface area contributed by atoms with Crippen LogP contribution in [0.25, 0.3) is 0 Å². The Morgan fingerprint density at radius 1 is 1.29 bits per heavy atom. The van der Waals surface area contributed by atoms with E-state index in [1.165, 1.54) is 0 Å². The summed E-state index contributed by atoms with van der Waals surface area (Å²) in [5, 5.41) is 6.54. The van der Waals surface area contributed by atoms with Crippen molar-refractivity contribution in [3.05, 3.63) is 41.3 Å². The summed E-state index contributed by atoms with van der Waals surface area (Å²) in [4.78, 5) is 12.1. The van der Waals surface area contributed by atoms with Gasteiger partial charge >= 0.3 is 0 Å². The van der Waals surface area contributed by atoms with Crippen molar-refractivity contribution in [1.29, 1.82) is 0 Å². The molecule has 6 heteroatoms. The monoisotopic (exact) mass is 290 g/mol. The minimum atomic E-state index is -0.319. The summed E-state index contributed by atoms with van der Waals surface area (Å²) in [5.74, 6) is 1.21. The lowest BCUT2D eigenvalue weighted by molar-refractivity contribution is 0.0902. The van der Waals surface area contributed by atoms with Crippen LogP contribution in [0.3, 0.4) is 0 Å². The fraction of sp³-hybridized carbons (Fsp3) is 0.333. The summed E-state index contributed by atoms with van der Waals surface area (Å²) in [7, 11) is 3.17. The second-order valence-corrected chi connectivity index (χ2v) is 4.64. The molecule has 0 unspecified atom stereocenters. The van der Waals surface area contributed by atoms with E-state index in [0.29, 0.717) is 17.2 Å². The summed E-state index contributed by atoms with van der Waals surface area (Å²) >= 11 is 0. The number of nitrogens with zero attached hydrogens (tertiary/aromatic N) is 1. The summed E-state index contributed by atoms with van der Waals surface area (Å²) in [6.45, 7) is 3.63. The van der Waals surface area contributed by atoms with E-state index in [4.69, 9.17) is 14.0 Å². The van der Waals surface area contributed by atoms with E-state index in [2.05, 4.69) is 10.5 Å². The summed E-state index contributed by atoms with van der Waals surface area (Å²) < 4.78 is 15.4. The molecular weight excluding hydrogens is 272 g/mol. The predicted octanol–water partition coefficient (Wildman–Crippen LogP) is 2.49. The number of amides is 1. The fourth-order valence-corrected chi connectivity index (χ4v) is 1.99. The number of hydrogen-bond acceptors (Lipinski definition) is 5. The zero-order valence-corrected chi connectivity index (χ0v) is 12.5. The van der Waals surface area contributed by atoms with Gasteiger partial charge in [0.05, 0.1) is 26.0 Å². The number of carbonyl (C=O) groups excluding carboxylic acids is 1. The molecule has 0 spiro atoms. The predicted molar refractivity (Wildman–Crippen MR) is 76.7 cm³/mol. The number of ether oxygens (including phenoxy) is 2. The van der Waals surface area contributed by atoms with Crippen LogP contribution in [0.1, 0.15) is 34.8 Å². The first kappa shape index (κ1) is 14.9. The van der Waals surface area contributed by atoms with Crippen molar-refractivity contribution in [3.63, 3.8) is 0 Å². The van der Waals surface area contributed by atoms with Crippen molar-refractivity contribution in [2.75, 3.05) is 14.2 Å². The molecule has 112 valence electrons. The van der Waals surface area contributed by atoms with E-state index >= 15 is 0 Å². The Morgan fingerprint density at radius 3 is 2.62 bits per heavy atom. The van der Waals surface area contributed by atoms with Gasteiger partial charge in [-0.05, 0) is 26.0 Å². The maximum Gasteiger partial charge on any atom is 0.290 e. The maximum absolute atomic E-state index is 12.1. The van der Waals surface area contributed by atoms with Crippen LogP contribution in [-0.2, 0) is 0 Å². The molecule has 6 nitrogen and oxygen atoms in total. The van der Waals surface area contributed by atoms with Crippen LogP contribution >= 0.6 is 0 Å². The highest BCUT2D eigenvalue weighted by Gasteiger charge is 2.18. The van der Waals surface area contributed by atoms with E-state index < -0.39 is 0 Å². The van der Waals surface area contributed by atoms with Gasteiger partial charge in [0.15, 0.2) is 0 Å². The number of aryl methyl sites for hydroxylation is 1. The number of benzene rings is 1. The first-order valence-electron chi connectivity index (χ1n) is 6.51. The van der Waals surface area contributed by atoms with Gasteiger partial charge in [-0.25, -0.2) is 0 Å². The molecule has 1 atom stereocenters. The van der Waals surface area contributed by atoms with Crippen molar-refractivity contribution in [3.8, 4) is 11.5 Å². The first-order valence-corrected chi connectivity index (χ1v) is 6.51. The minimum Gasteiger partial charge on any atom is -0.497 e. The summed E-state index contributed by atoms with van der Waals surface area (Å²) in [5.41, 5.74) is 1.51.